The molecule has 3 aromatic rings. The summed E-state index contributed by atoms with van der Waals surface area (Å²) in [6.07, 6.45) is 0.805. The number of carbonyl (C=O) groups excluding carboxylic acids is 2. The van der Waals surface area contributed by atoms with Gasteiger partial charge in [0, 0.05) is 25.6 Å². The number of aliphatic hydroxyl groups is 1. The van der Waals surface area contributed by atoms with Crippen LogP contribution in [0.15, 0.2) is 53.8 Å². The number of aromatic hydroxyl groups is 1. The van der Waals surface area contributed by atoms with Gasteiger partial charge in [0.15, 0.2) is 5.16 Å². The molecule has 37 heavy (non-hydrogen) atoms. The molecule has 8 nitrogen and oxygen atoms in total. The number of nitrogens with one attached hydrogen (secondary N) is 2. The van der Waals surface area contributed by atoms with E-state index in [1.54, 1.807) is 0 Å². The largest absolute Gasteiger partial charge is 0.492 e. The predicted octanol–water partition coefficient (Wildman–Crippen LogP) is 2.81. The smallest absolute Gasteiger partial charge is 0.246 e. The average Bonchev–Trinajstić information content (AvgIpc) is 3.34. The zero-order valence-electron chi connectivity index (χ0n) is 20.2. The summed E-state index contributed by atoms with van der Waals surface area (Å²) in [6, 6.07) is 10.2. The minimum Gasteiger partial charge on any atom is -0.492 e. The van der Waals surface area contributed by atoms with Gasteiger partial charge in [-0.25, -0.2) is 8.78 Å². The van der Waals surface area contributed by atoms with E-state index in [9.17, 15) is 28.6 Å². The van der Waals surface area contributed by atoms with Gasteiger partial charge >= 0.3 is 0 Å². The topological polar surface area (TPSA) is 116 Å². The maximum Gasteiger partial charge on any atom is 0.246 e. The zero-order valence-corrected chi connectivity index (χ0v) is 21.0. The summed E-state index contributed by atoms with van der Waals surface area (Å²) in [6.45, 7) is 2.67. The quantitative estimate of drug-likeness (QED) is 0.301. The Kier molecular flexibility index (Phi) is 8.57. The molecule has 2 heterocycles. The van der Waals surface area contributed by atoms with Gasteiger partial charge in [-0.3, -0.25) is 14.2 Å². The average molecular weight is 531 g/mol. The number of nitrogens with zero attached hydrogens (tertiary/aromatic N) is 2. The summed E-state index contributed by atoms with van der Waals surface area (Å²) in [5.41, 5.74) is 2.51. The fourth-order valence-corrected chi connectivity index (χ4v) is 5.33. The number of fused-ring (bicyclic) bond motifs is 1. The number of benzene rings is 2. The molecule has 0 spiro atoms. The molecule has 1 unspecified atom stereocenters. The normalized spacial score (nSPS) is 16.4. The molecule has 0 fully saturated rings. The van der Waals surface area contributed by atoms with Gasteiger partial charge in [-0.05, 0) is 41.7 Å². The van der Waals surface area contributed by atoms with Crippen molar-refractivity contribution in [2.24, 2.45) is 0 Å². The van der Waals surface area contributed by atoms with E-state index in [2.05, 4.69) is 28.6 Å². The van der Waals surface area contributed by atoms with Crippen molar-refractivity contribution in [3.8, 4) is 5.88 Å². The maximum absolute atomic E-state index is 13.8. The predicted molar refractivity (Wildman–Crippen MR) is 134 cm³/mol. The first kappa shape index (κ1) is 26.8. The first-order valence-electron chi connectivity index (χ1n) is 11.9. The Bertz CT molecular complexity index is 1260. The van der Waals surface area contributed by atoms with E-state index in [-0.39, 0.29) is 36.7 Å². The first-order chi connectivity index (χ1) is 17.7. The zero-order chi connectivity index (χ0) is 26.5. The molecule has 1 aliphatic heterocycles. The number of hydrogen-bond donors (Lipinski definition) is 4. The second-order valence-corrected chi connectivity index (χ2v) is 10.1. The van der Waals surface area contributed by atoms with Crippen molar-refractivity contribution in [2.45, 2.75) is 55.3 Å². The molecule has 4 N–H and O–H groups in total. The molecule has 2 aromatic carbocycles. The Labute approximate surface area is 217 Å². The second-order valence-electron chi connectivity index (χ2n) is 8.93. The summed E-state index contributed by atoms with van der Waals surface area (Å²) in [5, 5.41) is 25.8. The van der Waals surface area contributed by atoms with Crippen molar-refractivity contribution >= 4 is 23.6 Å². The van der Waals surface area contributed by atoms with Crippen molar-refractivity contribution in [3.05, 3.63) is 77.0 Å². The molecular weight excluding hydrogens is 502 g/mol. The van der Waals surface area contributed by atoms with Gasteiger partial charge in [0.1, 0.15) is 16.9 Å². The number of aryl methyl sites for hydroxylation is 1. The van der Waals surface area contributed by atoms with Gasteiger partial charge in [0.05, 0.1) is 18.3 Å². The van der Waals surface area contributed by atoms with E-state index in [0.717, 1.165) is 41.9 Å². The molecule has 0 saturated carbocycles. The second kappa shape index (κ2) is 11.8. The summed E-state index contributed by atoms with van der Waals surface area (Å²) < 4.78 is 28.7. The molecular formula is C26H28F2N4O4S. The SMILES string of the molecule is CCc1cccc(CNC[C@@H](O)[C@H](Cc2cc(F)cc(F)c2)NC(=O)CC2Sc3nc(O)cn3C2=O)c1. The number of rotatable bonds is 11. The van der Waals surface area contributed by atoms with E-state index in [0.29, 0.717) is 11.7 Å². The highest BCUT2D eigenvalue weighted by Gasteiger charge is 2.35. The molecule has 4 rings (SSSR count). The van der Waals surface area contributed by atoms with Crippen LogP contribution in [0.2, 0.25) is 0 Å². The Morgan fingerprint density at radius 2 is 1.89 bits per heavy atom. The summed E-state index contributed by atoms with van der Waals surface area (Å²) in [4.78, 5) is 29.2. The van der Waals surface area contributed by atoms with Gasteiger partial charge < -0.3 is 20.8 Å². The van der Waals surface area contributed by atoms with Crippen molar-refractivity contribution in [3.63, 3.8) is 0 Å². The number of hydrogen-bond acceptors (Lipinski definition) is 7. The molecule has 1 aliphatic rings. The Morgan fingerprint density at radius 1 is 1.16 bits per heavy atom. The summed E-state index contributed by atoms with van der Waals surface area (Å²) in [5.74, 6) is -2.68. The summed E-state index contributed by atoms with van der Waals surface area (Å²) >= 11 is 1.06. The molecule has 11 heteroatoms. The van der Waals surface area contributed by atoms with Crippen molar-refractivity contribution in [1.82, 2.24) is 20.2 Å². The van der Waals surface area contributed by atoms with Gasteiger partial charge in [-0.15, -0.1) is 0 Å². The van der Waals surface area contributed by atoms with E-state index in [1.165, 1.54) is 16.3 Å². The molecule has 3 atom stereocenters. The lowest BCUT2D eigenvalue weighted by Gasteiger charge is -2.25. The van der Waals surface area contributed by atoms with Gasteiger partial charge in [0.2, 0.25) is 17.7 Å². The number of aliphatic hydroxyl groups excluding tert-OH is 1. The molecule has 1 amide bonds. The van der Waals surface area contributed by atoms with Crippen LogP contribution in [0.25, 0.3) is 0 Å². The van der Waals surface area contributed by atoms with Crippen LogP contribution in [0.1, 0.15) is 34.8 Å². The van der Waals surface area contributed by atoms with Crippen LogP contribution in [0.5, 0.6) is 5.88 Å². The van der Waals surface area contributed by atoms with Crippen molar-refractivity contribution < 1.29 is 28.6 Å². The maximum atomic E-state index is 13.8. The fraction of sp³-hybridized carbons (Fsp3) is 0.346. The third-order valence-electron chi connectivity index (χ3n) is 6.06. The Balaban J connectivity index is 1.40. The molecule has 0 aliphatic carbocycles. The van der Waals surface area contributed by atoms with Crippen LogP contribution in [0.4, 0.5) is 8.78 Å². The third kappa shape index (κ3) is 6.94. The van der Waals surface area contributed by atoms with Crippen LogP contribution < -0.4 is 10.6 Å². The van der Waals surface area contributed by atoms with E-state index < -0.39 is 34.9 Å². The first-order valence-corrected chi connectivity index (χ1v) is 12.8. The minimum absolute atomic E-state index is 0.0181. The van der Waals surface area contributed by atoms with E-state index >= 15 is 0 Å². The van der Waals surface area contributed by atoms with E-state index in [4.69, 9.17) is 0 Å². The highest BCUT2D eigenvalue weighted by molar-refractivity contribution is 8.00. The van der Waals surface area contributed by atoms with Crippen LogP contribution in [0.3, 0.4) is 0 Å². The highest BCUT2D eigenvalue weighted by atomic mass is 32.2. The lowest BCUT2D eigenvalue weighted by molar-refractivity contribution is -0.122. The monoisotopic (exact) mass is 530 g/mol. The van der Waals surface area contributed by atoms with Crippen molar-refractivity contribution in [1.29, 1.82) is 0 Å². The van der Waals surface area contributed by atoms with Crippen molar-refractivity contribution in [2.75, 3.05) is 6.54 Å². The Hall–Kier alpha value is -3.28. The third-order valence-corrected chi connectivity index (χ3v) is 7.21. The van der Waals surface area contributed by atoms with E-state index in [1.807, 2.05) is 18.2 Å². The fourth-order valence-electron chi connectivity index (χ4n) is 4.22. The number of aromatic nitrogens is 2. The number of amides is 1. The summed E-state index contributed by atoms with van der Waals surface area (Å²) in [7, 11) is 0. The lowest BCUT2D eigenvalue weighted by atomic mass is 10.00. The van der Waals surface area contributed by atoms with Gasteiger partial charge in [0.25, 0.3) is 0 Å². The number of thioether (sulfide) groups is 1. The van der Waals surface area contributed by atoms with Crippen LogP contribution >= 0.6 is 11.8 Å². The minimum atomic E-state index is -1.08. The lowest BCUT2D eigenvalue weighted by Crippen LogP contribution is -2.49. The molecule has 0 radical (unpaired) electrons. The molecule has 0 bridgehead atoms. The molecule has 196 valence electrons. The van der Waals surface area contributed by atoms with Crippen LogP contribution in [-0.2, 0) is 24.2 Å². The highest BCUT2D eigenvalue weighted by Crippen LogP contribution is 2.34. The number of halogens is 2. The van der Waals surface area contributed by atoms with Crippen LogP contribution in [0, 0.1) is 11.6 Å². The van der Waals surface area contributed by atoms with Gasteiger partial charge in [-0.1, -0.05) is 43.0 Å². The number of carbonyl (C=O) groups is 2. The standard InChI is InChI=1S/C26H28F2N4O4S/c1-2-15-4-3-5-16(6-15)12-29-13-21(33)20(9-17-7-18(27)10-19(28)8-17)30-23(34)11-22-25(36)32-14-24(35)31-26(32)37-22/h3-8,10,14,20-22,29,33,35H,2,9,11-13H2,1H3,(H,30,34)/t20-,21+,22?/m0/s1. The van der Waals surface area contributed by atoms with Gasteiger partial charge in [-0.2, -0.15) is 4.98 Å². The molecule has 1 aromatic heterocycles. The molecule has 0 saturated heterocycles. The Morgan fingerprint density at radius 3 is 2.59 bits per heavy atom. The number of imidazole rings is 1. The van der Waals surface area contributed by atoms with Crippen LogP contribution in [-0.4, -0.2) is 55.5 Å².